The normalized spacial score (nSPS) is 12.8. The molecule has 1 aliphatic rings. The van der Waals surface area contributed by atoms with Crippen molar-refractivity contribution in [3.05, 3.63) is 78.1 Å². The Kier molecular flexibility index (Phi) is 7.69. The highest BCUT2D eigenvalue weighted by Crippen LogP contribution is 2.34. The van der Waals surface area contributed by atoms with Gasteiger partial charge < -0.3 is 14.2 Å². The minimum atomic E-state index is -4.23. The number of sulfonamides is 1. The molecule has 0 saturated carbocycles. The predicted molar refractivity (Wildman–Crippen MR) is 132 cm³/mol. The summed E-state index contributed by atoms with van der Waals surface area (Å²) in [5.74, 6) is 0.182. The van der Waals surface area contributed by atoms with E-state index >= 15 is 0 Å². The van der Waals surface area contributed by atoms with Crippen molar-refractivity contribution in [3.63, 3.8) is 0 Å². The van der Waals surface area contributed by atoms with E-state index in [0.29, 0.717) is 30.3 Å². The SMILES string of the molecule is CCOc1ccc(/C=N\NC(=O)CN(c2ccc(F)cc2)S(=O)(=O)c2ccc3c(c2)OCCO3)cc1. The molecule has 1 N–H and O–H groups in total. The Balaban J connectivity index is 1.53. The molecule has 0 aromatic heterocycles. The number of hydrogen-bond acceptors (Lipinski definition) is 7. The molecule has 1 aliphatic heterocycles. The lowest BCUT2D eigenvalue weighted by atomic mass is 10.2. The van der Waals surface area contributed by atoms with Crippen molar-refractivity contribution in [2.45, 2.75) is 11.8 Å². The number of halogens is 1. The zero-order valence-corrected chi connectivity index (χ0v) is 20.2. The second-order valence-corrected chi connectivity index (χ2v) is 9.45. The maximum absolute atomic E-state index is 13.5. The molecule has 36 heavy (non-hydrogen) atoms. The Morgan fingerprint density at radius 2 is 1.75 bits per heavy atom. The first-order valence-corrected chi connectivity index (χ1v) is 12.5. The van der Waals surface area contributed by atoms with Crippen molar-refractivity contribution in [3.8, 4) is 17.2 Å². The largest absolute Gasteiger partial charge is 0.494 e. The molecule has 1 heterocycles. The third-order valence-electron chi connectivity index (χ3n) is 5.10. The molecule has 0 spiro atoms. The van der Waals surface area contributed by atoms with Crippen LogP contribution in [0.25, 0.3) is 0 Å². The van der Waals surface area contributed by atoms with Crippen LogP contribution in [0.3, 0.4) is 0 Å². The van der Waals surface area contributed by atoms with Crippen LogP contribution in [0.2, 0.25) is 0 Å². The van der Waals surface area contributed by atoms with Gasteiger partial charge in [-0.2, -0.15) is 5.10 Å². The lowest BCUT2D eigenvalue weighted by molar-refractivity contribution is -0.119. The first-order chi connectivity index (χ1) is 17.4. The van der Waals surface area contributed by atoms with Gasteiger partial charge in [-0.05, 0) is 73.2 Å². The number of hydrogen-bond donors (Lipinski definition) is 1. The number of nitrogens with zero attached hydrogens (tertiary/aromatic N) is 2. The van der Waals surface area contributed by atoms with Crippen molar-refractivity contribution in [2.75, 3.05) is 30.7 Å². The van der Waals surface area contributed by atoms with E-state index in [2.05, 4.69) is 10.5 Å². The van der Waals surface area contributed by atoms with Crippen LogP contribution in [-0.4, -0.2) is 46.9 Å². The van der Waals surface area contributed by atoms with Gasteiger partial charge in [0.2, 0.25) is 0 Å². The monoisotopic (exact) mass is 513 g/mol. The zero-order chi connectivity index (χ0) is 25.5. The standard InChI is InChI=1S/C25H24FN3O6S/c1-2-33-21-9-3-18(4-10-21)16-27-28-25(30)17-29(20-7-5-19(26)6-8-20)36(31,32)22-11-12-23-24(15-22)35-14-13-34-23/h3-12,15-16H,2,13-14,17H2,1H3,(H,28,30)/b27-16-. The van der Waals surface area contributed by atoms with E-state index in [1.165, 1.54) is 36.5 Å². The van der Waals surface area contributed by atoms with Crippen LogP contribution in [0.1, 0.15) is 12.5 Å². The summed E-state index contributed by atoms with van der Waals surface area (Å²) in [6, 6.07) is 16.0. The average molecular weight is 514 g/mol. The Bertz CT molecular complexity index is 1350. The average Bonchev–Trinajstić information content (AvgIpc) is 2.89. The third kappa shape index (κ3) is 5.92. The molecule has 0 saturated heterocycles. The zero-order valence-electron chi connectivity index (χ0n) is 19.4. The topological polar surface area (TPSA) is 107 Å². The van der Waals surface area contributed by atoms with Gasteiger partial charge in [0.1, 0.15) is 31.3 Å². The van der Waals surface area contributed by atoms with Crippen LogP contribution in [0.4, 0.5) is 10.1 Å². The summed E-state index contributed by atoms with van der Waals surface area (Å²) >= 11 is 0. The van der Waals surface area contributed by atoms with Crippen molar-refractivity contribution in [2.24, 2.45) is 5.10 Å². The van der Waals surface area contributed by atoms with Crippen LogP contribution in [0.5, 0.6) is 17.2 Å². The number of rotatable bonds is 9. The van der Waals surface area contributed by atoms with E-state index in [1.807, 2.05) is 6.92 Å². The van der Waals surface area contributed by atoms with E-state index in [1.54, 1.807) is 24.3 Å². The fourth-order valence-electron chi connectivity index (χ4n) is 3.40. The Labute approximate surface area is 208 Å². The Morgan fingerprint density at radius 3 is 2.44 bits per heavy atom. The van der Waals surface area contributed by atoms with Crippen molar-refractivity contribution in [1.29, 1.82) is 0 Å². The number of carbonyl (C=O) groups excluding carboxylic acids is 1. The van der Waals surface area contributed by atoms with E-state index in [9.17, 15) is 17.6 Å². The summed E-state index contributed by atoms with van der Waals surface area (Å²) in [5.41, 5.74) is 3.15. The smallest absolute Gasteiger partial charge is 0.264 e. The predicted octanol–water partition coefficient (Wildman–Crippen LogP) is 3.34. The fraction of sp³-hybridized carbons (Fsp3) is 0.200. The molecule has 9 nitrogen and oxygen atoms in total. The van der Waals surface area contributed by atoms with Gasteiger partial charge in [-0.1, -0.05) is 0 Å². The summed E-state index contributed by atoms with van der Waals surface area (Å²) in [5, 5.41) is 3.91. The second-order valence-electron chi connectivity index (χ2n) is 7.59. The van der Waals surface area contributed by atoms with Gasteiger partial charge in [0, 0.05) is 6.07 Å². The molecule has 3 aromatic carbocycles. The molecule has 4 rings (SSSR count). The molecule has 0 aliphatic carbocycles. The number of ether oxygens (including phenoxy) is 3. The maximum Gasteiger partial charge on any atom is 0.264 e. The minimum absolute atomic E-state index is 0.108. The molecule has 1 amide bonds. The summed E-state index contributed by atoms with van der Waals surface area (Å²) in [6.07, 6.45) is 1.42. The van der Waals surface area contributed by atoms with Gasteiger partial charge in [-0.15, -0.1) is 0 Å². The van der Waals surface area contributed by atoms with Crippen molar-refractivity contribution < 1.29 is 31.8 Å². The van der Waals surface area contributed by atoms with E-state index in [0.717, 1.165) is 16.4 Å². The molecule has 0 radical (unpaired) electrons. The summed E-state index contributed by atoms with van der Waals surface area (Å²) in [7, 11) is -4.23. The summed E-state index contributed by atoms with van der Waals surface area (Å²) in [4.78, 5) is 12.6. The minimum Gasteiger partial charge on any atom is -0.494 e. The fourth-order valence-corrected chi connectivity index (χ4v) is 4.83. The number of carbonyl (C=O) groups is 1. The van der Waals surface area contributed by atoms with Gasteiger partial charge in [0.25, 0.3) is 15.9 Å². The van der Waals surface area contributed by atoms with E-state index < -0.39 is 28.3 Å². The molecular formula is C25H24FN3O6S. The van der Waals surface area contributed by atoms with Crippen molar-refractivity contribution >= 4 is 27.8 Å². The quantitative estimate of drug-likeness (QED) is 0.348. The molecule has 0 atom stereocenters. The molecule has 3 aromatic rings. The van der Waals surface area contributed by atoms with Gasteiger partial charge in [-0.3, -0.25) is 9.10 Å². The highest BCUT2D eigenvalue weighted by atomic mass is 32.2. The third-order valence-corrected chi connectivity index (χ3v) is 6.87. The van der Waals surface area contributed by atoms with Crippen LogP contribution >= 0.6 is 0 Å². The first-order valence-electron chi connectivity index (χ1n) is 11.1. The van der Waals surface area contributed by atoms with Crippen LogP contribution in [-0.2, 0) is 14.8 Å². The molecule has 188 valence electrons. The molecule has 0 unspecified atom stereocenters. The Hall–Kier alpha value is -4.12. The van der Waals surface area contributed by atoms with Gasteiger partial charge in [0.15, 0.2) is 11.5 Å². The lowest BCUT2D eigenvalue weighted by Gasteiger charge is -2.25. The first kappa shape index (κ1) is 25.0. The van der Waals surface area contributed by atoms with Crippen LogP contribution in [0.15, 0.2) is 76.7 Å². The number of nitrogens with one attached hydrogen (secondary N) is 1. The van der Waals surface area contributed by atoms with Crippen LogP contribution < -0.4 is 23.9 Å². The summed E-state index contributed by atoms with van der Waals surface area (Å²) in [6.45, 7) is 2.48. The molecule has 11 heteroatoms. The van der Waals surface area contributed by atoms with E-state index in [4.69, 9.17) is 14.2 Å². The number of hydrazone groups is 1. The Morgan fingerprint density at radius 1 is 1.06 bits per heavy atom. The number of benzene rings is 3. The molecular weight excluding hydrogens is 489 g/mol. The van der Waals surface area contributed by atoms with Crippen molar-refractivity contribution in [1.82, 2.24) is 5.43 Å². The summed E-state index contributed by atoms with van der Waals surface area (Å²) < 4.78 is 57.8. The maximum atomic E-state index is 13.5. The van der Waals surface area contributed by atoms with E-state index in [-0.39, 0.29) is 22.9 Å². The second kappa shape index (κ2) is 11.1. The molecule has 0 fully saturated rings. The lowest BCUT2D eigenvalue weighted by Crippen LogP contribution is -2.39. The van der Waals surface area contributed by atoms with Gasteiger partial charge in [0.05, 0.1) is 23.4 Å². The highest BCUT2D eigenvalue weighted by molar-refractivity contribution is 7.92. The number of anilines is 1. The number of amides is 1. The number of fused-ring (bicyclic) bond motifs is 1. The van der Waals surface area contributed by atoms with Gasteiger partial charge >= 0.3 is 0 Å². The molecule has 0 bridgehead atoms. The highest BCUT2D eigenvalue weighted by Gasteiger charge is 2.29. The van der Waals surface area contributed by atoms with Crippen LogP contribution in [0, 0.1) is 5.82 Å². The van der Waals surface area contributed by atoms with Gasteiger partial charge in [-0.25, -0.2) is 18.2 Å².